The van der Waals surface area contributed by atoms with Crippen molar-refractivity contribution in [1.29, 1.82) is 0 Å². The van der Waals surface area contributed by atoms with Gasteiger partial charge >= 0.3 is 0 Å². The lowest BCUT2D eigenvalue weighted by Crippen LogP contribution is -2.12. The van der Waals surface area contributed by atoms with Gasteiger partial charge in [0.05, 0.1) is 5.69 Å². The summed E-state index contributed by atoms with van der Waals surface area (Å²) in [5.74, 6) is -0.738. The van der Waals surface area contributed by atoms with Crippen LogP contribution in [0.15, 0.2) is 42.5 Å². The molecule has 92 valence electrons. The van der Waals surface area contributed by atoms with Crippen LogP contribution in [-0.2, 0) is 0 Å². The van der Waals surface area contributed by atoms with Gasteiger partial charge in [-0.3, -0.25) is 4.79 Å². The lowest BCUT2D eigenvalue weighted by molar-refractivity contribution is 0.102. The molecule has 0 radical (unpaired) electrons. The topological polar surface area (TPSA) is 29.1 Å². The van der Waals surface area contributed by atoms with E-state index in [4.69, 9.17) is 0 Å². The maximum absolute atomic E-state index is 13.6. The fraction of sp³-hybridized carbons (Fsp3) is 0.0714. The van der Waals surface area contributed by atoms with Crippen LogP contribution in [0.5, 0.6) is 0 Å². The van der Waals surface area contributed by atoms with Gasteiger partial charge in [-0.2, -0.15) is 0 Å². The van der Waals surface area contributed by atoms with Crippen LogP contribution in [0.25, 0.3) is 0 Å². The molecule has 0 aliphatic heterocycles. The first kappa shape index (κ1) is 13.0. The van der Waals surface area contributed by atoms with E-state index in [1.165, 1.54) is 6.07 Å². The van der Waals surface area contributed by atoms with Gasteiger partial charge in [-0.25, -0.2) is 4.39 Å². The first-order valence-electron chi connectivity index (χ1n) is 5.39. The van der Waals surface area contributed by atoms with Crippen LogP contribution in [0.4, 0.5) is 10.1 Å². The molecule has 0 bridgehead atoms. The van der Waals surface area contributed by atoms with E-state index >= 15 is 0 Å². The second-order valence-corrected chi connectivity index (χ2v) is 5.19. The zero-order chi connectivity index (χ0) is 13.1. The molecule has 2 rings (SSSR count). The molecule has 1 N–H and O–H groups in total. The molecule has 2 aromatic rings. The summed E-state index contributed by atoms with van der Waals surface area (Å²) in [5, 5.41) is 2.56. The molecule has 0 aliphatic carbocycles. The number of carbonyl (C=O) groups excluding carboxylic acids is 1. The zero-order valence-corrected chi connectivity index (χ0v) is 11.9. The Labute approximate surface area is 118 Å². The third kappa shape index (κ3) is 3.07. The van der Waals surface area contributed by atoms with Crippen LogP contribution in [0, 0.1) is 16.3 Å². The Kier molecular flexibility index (Phi) is 3.96. The number of rotatable bonds is 2. The van der Waals surface area contributed by atoms with Gasteiger partial charge in [-0.05, 0) is 59.8 Å². The fourth-order valence-electron chi connectivity index (χ4n) is 1.49. The predicted octanol–water partition coefficient (Wildman–Crippen LogP) is 3.99. The van der Waals surface area contributed by atoms with Gasteiger partial charge in [-0.15, -0.1) is 0 Å². The van der Waals surface area contributed by atoms with E-state index < -0.39 is 5.82 Å². The number of hydrogen-bond acceptors (Lipinski definition) is 1. The molecule has 0 unspecified atom stereocenters. The van der Waals surface area contributed by atoms with Crippen molar-refractivity contribution < 1.29 is 9.18 Å². The molecule has 0 spiro atoms. The van der Waals surface area contributed by atoms with E-state index in [0.29, 0.717) is 5.56 Å². The maximum atomic E-state index is 13.6. The average molecular weight is 355 g/mol. The summed E-state index contributed by atoms with van der Waals surface area (Å²) < 4.78 is 14.4. The Morgan fingerprint density at radius 2 is 1.83 bits per heavy atom. The van der Waals surface area contributed by atoms with Crippen LogP contribution < -0.4 is 5.32 Å². The van der Waals surface area contributed by atoms with Gasteiger partial charge in [0.1, 0.15) is 5.82 Å². The molecule has 0 saturated carbocycles. The molecule has 2 nitrogen and oxygen atoms in total. The van der Waals surface area contributed by atoms with Crippen molar-refractivity contribution in [2.24, 2.45) is 0 Å². The fourth-order valence-corrected chi connectivity index (χ4v) is 1.94. The highest BCUT2D eigenvalue weighted by atomic mass is 127. The van der Waals surface area contributed by atoms with Crippen LogP contribution >= 0.6 is 22.6 Å². The summed E-state index contributed by atoms with van der Waals surface area (Å²) in [7, 11) is 0. The van der Waals surface area contributed by atoms with E-state index in [1.54, 1.807) is 24.3 Å². The second kappa shape index (κ2) is 5.48. The standard InChI is InChI=1S/C14H11FINO/c1-9-2-4-10(5-3-9)14(18)17-13-7-6-11(16)8-12(13)15/h2-8H,1H3,(H,17,18). The number of carbonyl (C=O) groups is 1. The highest BCUT2D eigenvalue weighted by Gasteiger charge is 2.09. The number of halogens is 2. The van der Waals surface area contributed by atoms with Gasteiger partial charge in [0.25, 0.3) is 5.91 Å². The molecule has 1 amide bonds. The Balaban J connectivity index is 2.18. The molecule has 2 aromatic carbocycles. The number of aryl methyl sites for hydroxylation is 1. The van der Waals surface area contributed by atoms with Crippen molar-refractivity contribution in [3.05, 3.63) is 63.0 Å². The van der Waals surface area contributed by atoms with E-state index in [0.717, 1.165) is 9.13 Å². The Morgan fingerprint density at radius 1 is 1.17 bits per heavy atom. The molecule has 0 aliphatic rings. The van der Waals surface area contributed by atoms with E-state index in [2.05, 4.69) is 5.32 Å². The van der Waals surface area contributed by atoms with Gasteiger partial charge in [0.2, 0.25) is 0 Å². The molecule has 0 aromatic heterocycles. The van der Waals surface area contributed by atoms with Crippen molar-refractivity contribution in [1.82, 2.24) is 0 Å². The van der Waals surface area contributed by atoms with Gasteiger partial charge < -0.3 is 5.32 Å². The van der Waals surface area contributed by atoms with E-state index in [9.17, 15) is 9.18 Å². The molecule has 0 saturated heterocycles. The van der Waals surface area contributed by atoms with Gasteiger partial charge in [0, 0.05) is 9.13 Å². The minimum absolute atomic E-state index is 0.195. The van der Waals surface area contributed by atoms with Gasteiger partial charge in [-0.1, -0.05) is 17.7 Å². The summed E-state index contributed by atoms with van der Waals surface area (Å²) in [6, 6.07) is 11.8. The molecule has 0 heterocycles. The highest BCUT2D eigenvalue weighted by Crippen LogP contribution is 2.18. The third-order valence-electron chi connectivity index (χ3n) is 2.49. The smallest absolute Gasteiger partial charge is 0.255 e. The Hall–Kier alpha value is -1.43. The number of hydrogen-bond donors (Lipinski definition) is 1. The zero-order valence-electron chi connectivity index (χ0n) is 9.71. The van der Waals surface area contributed by atoms with Crippen LogP contribution in [0.2, 0.25) is 0 Å². The minimum atomic E-state index is -0.428. The molecular formula is C14H11FINO. The summed E-state index contributed by atoms with van der Waals surface area (Å²) >= 11 is 2.02. The van der Waals surface area contributed by atoms with Crippen molar-refractivity contribution in [2.45, 2.75) is 6.92 Å². The highest BCUT2D eigenvalue weighted by molar-refractivity contribution is 14.1. The van der Waals surface area contributed by atoms with Crippen LogP contribution in [0.1, 0.15) is 15.9 Å². The number of amides is 1. The van der Waals surface area contributed by atoms with Crippen LogP contribution in [-0.4, -0.2) is 5.91 Å². The summed E-state index contributed by atoms with van der Waals surface area (Å²) in [6.45, 7) is 1.94. The Bertz CT molecular complexity index is 581. The summed E-state index contributed by atoms with van der Waals surface area (Å²) in [6.07, 6.45) is 0. The van der Waals surface area contributed by atoms with Crippen molar-refractivity contribution in [2.75, 3.05) is 5.32 Å². The third-order valence-corrected chi connectivity index (χ3v) is 3.16. The largest absolute Gasteiger partial charge is 0.319 e. The monoisotopic (exact) mass is 355 g/mol. The molecule has 18 heavy (non-hydrogen) atoms. The lowest BCUT2D eigenvalue weighted by Gasteiger charge is -2.07. The van der Waals surface area contributed by atoms with Crippen molar-refractivity contribution in [3.8, 4) is 0 Å². The summed E-state index contributed by atoms with van der Waals surface area (Å²) in [4.78, 5) is 11.9. The molecule has 0 atom stereocenters. The quantitative estimate of drug-likeness (QED) is 0.811. The normalized spacial score (nSPS) is 10.2. The number of nitrogens with one attached hydrogen (secondary N) is 1. The number of benzene rings is 2. The molecule has 4 heteroatoms. The first-order chi connectivity index (χ1) is 8.56. The maximum Gasteiger partial charge on any atom is 0.255 e. The lowest BCUT2D eigenvalue weighted by atomic mass is 10.1. The minimum Gasteiger partial charge on any atom is -0.319 e. The average Bonchev–Trinajstić information content (AvgIpc) is 2.33. The van der Waals surface area contributed by atoms with E-state index in [-0.39, 0.29) is 11.6 Å². The summed E-state index contributed by atoms with van der Waals surface area (Å²) in [5.41, 5.74) is 1.78. The van der Waals surface area contributed by atoms with Crippen molar-refractivity contribution >= 4 is 34.2 Å². The van der Waals surface area contributed by atoms with Crippen molar-refractivity contribution in [3.63, 3.8) is 0 Å². The van der Waals surface area contributed by atoms with Gasteiger partial charge in [0.15, 0.2) is 0 Å². The molecular weight excluding hydrogens is 344 g/mol. The molecule has 0 fully saturated rings. The Morgan fingerprint density at radius 3 is 2.44 bits per heavy atom. The SMILES string of the molecule is Cc1ccc(C(=O)Nc2ccc(I)cc2F)cc1. The predicted molar refractivity (Wildman–Crippen MR) is 78.2 cm³/mol. The number of anilines is 1. The first-order valence-corrected chi connectivity index (χ1v) is 6.47. The second-order valence-electron chi connectivity index (χ2n) is 3.94. The van der Waals surface area contributed by atoms with E-state index in [1.807, 2.05) is 41.6 Å². The van der Waals surface area contributed by atoms with Crippen LogP contribution in [0.3, 0.4) is 0 Å².